The molecule has 0 radical (unpaired) electrons. The number of ketones is 1. The van der Waals surface area contributed by atoms with Crippen LogP contribution in [0.15, 0.2) is 53.1 Å². The summed E-state index contributed by atoms with van der Waals surface area (Å²) in [4.78, 5) is 21.1. The van der Waals surface area contributed by atoms with Crippen molar-refractivity contribution in [3.8, 4) is 11.3 Å². The molecule has 1 aliphatic rings. The first-order chi connectivity index (χ1) is 16.1. The van der Waals surface area contributed by atoms with E-state index in [2.05, 4.69) is 19.5 Å². The van der Waals surface area contributed by atoms with E-state index in [1.165, 1.54) is 12.3 Å². The number of nitrogens with one attached hydrogen (secondary N) is 1. The Balaban J connectivity index is 1.55. The van der Waals surface area contributed by atoms with Gasteiger partial charge in [-0.25, -0.2) is 15.1 Å². The molecule has 3 aromatic rings. The zero-order valence-corrected chi connectivity index (χ0v) is 19.1. The molecule has 4 rings (SSSR count). The summed E-state index contributed by atoms with van der Waals surface area (Å²) in [6, 6.07) is 11.6. The van der Waals surface area contributed by atoms with E-state index in [9.17, 15) is 23.4 Å². The van der Waals surface area contributed by atoms with Gasteiger partial charge in [0.1, 0.15) is 17.7 Å². The fourth-order valence-electron chi connectivity index (χ4n) is 3.78. The second kappa shape index (κ2) is 9.78. The fraction of sp³-hybridized carbons (Fsp3) is 0.286. The number of anilines is 1. The van der Waals surface area contributed by atoms with Crippen molar-refractivity contribution in [2.24, 2.45) is 11.1 Å². The lowest BCUT2D eigenvalue weighted by atomic mass is 10.1. The van der Waals surface area contributed by atoms with Gasteiger partial charge in [-0.3, -0.25) is 8.98 Å². The van der Waals surface area contributed by atoms with Gasteiger partial charge in [0.2, 0.25) is 11.1 Å². The number of aliphatic hydroxyl groups excluding tert-OH is 2. The lowest BCUT2D eigenvalue weighted by Gasteiger charge is -2.19. The van der Waals surface area contributed by atoms with Crippen LogP contribution >= 0.6 is 11.6 Å². The molecule has 11 nitrogen and oxygen atoms in total. The van der Waals surface area contributed by atoms with Crippen molar-refractivity contribution in [2.75, 3.05) is 11.9 Å². The van der Waals surface area contributed by atoms with Gasteiger partial charge in [0, 0.05) is 17.7 Å². The number of rotatable bonds is 8. The van der Waals surface area contributed by atoms with Gasteiger partial charge in [-0.15, -0.1) is 0 Å². The second-order valence-electron chi connectivity index (χ2n) is 7.77. The van der Waals surface area contributed by atoms with Gasteiger partial charge in [-0.1, -0.05) is 30.3 Å². The summed E-state index contributed by atoms with van der Waals surface area (Å²) < 4.78 is 32.4. The number of furan rings is 1. The first-order valence-corrected chi connectivity index (χ1v) is 12.0. The minimum absolute atomic E-state index is 0.0203. The molecule has 1 fully saturated rings. The Morgan fingerprint density at radius 1 is 1.21 bits per heavy atom. The molecule has 0 saturated heterocycles. The van der Waals surface area contributed by atoms with Crippen molar-refractivity contribution in [3.05, 3.63) is 65.3 Å². The largest absolute Gasteiger partial charge is 0.453 e. The van der Waals surface area contributed by atoms with Gasteiger partial charge in [-0.05, 0) is 30.2 Å². The summed E-state index contributed by atoms with van der Waals surface area (Å²) in [5.41, 5.74) is 0.826. The van der Waals surface area contributed by atoms with Gasteiger partial charge in [0.05, 0.1) is 24.3 Å². The van der Waals surface area contributed by atoms with Crippen LogP contribution in [-0.2, 0) is 14.5 Å². The Hall–Kier alpha value is -2.87. The SMILES string of the molecule is NS(=O)(=O)OC[C@H]1C[C@@H](Nc2nc(Cl)ncc2C(=O)c2ccc(-c3ccccc3)o2)[C@H](O)[C@@H]1O. The lowest BCUT2D eigenvalue weighted by molar-refractivity contribution is 0.00778. The molecule has 34 heavy (non-hydrogen) atoms. The number of hydrogen-bond donors (Lipinski definition) is 4. The van der Waals surface area contributed by atoms with Crippen molar-refractivity contribution >= 4 is 33.5 Å². The summed E-state index contributed by atoms with van der Waals surface area (Å²) in [5.74, 6) is -0.698. The van der Waals surface area contributed by atoms with Crippen LogP contribution in [0.3, 0.4) is 0 Å². The second-order valence-corrected chi connectivity index (χ2v) is 9.32. The zero-order chi connectivity index (χ0) is 24.5. The molecule has 1 aliphatic carbocycles. The highest BCUT2D eigenvalue weighted by Gasteiger charge is 2.42. The van der Waals surface area contributed by atoms with E-state index in [1.807, 2.05) is 30.3 Å². The van der Waals surface area contributed by atoms with E-state index in [1.54, 1.807) is 6.07 Å². The number of aromatic nitrogens is 2. The summed E-state index contributed by atoms with van der Waals surface area (Å²) in [5, 5.41) is 28.3. The first kappa shape index (κ1) is 24.3. The molecule has 180 valence electrons. The number of benzene rings is 1. The van der Waals surface area contributed by atoms with E-state index in [-0.39, 0.29) is 28.8 Å². The number of nitrogens with zero attached hydrogens (tertiary/aromatic N) is 2. The first-order valence-electron chi connectivity index (χ1n) is 10.1. The third-order valence-corrected chi connectivity index (χ3v) is 6.11. The van der Waals surface area contributed by atoms with E-state index < -0.39 is 46.9 Å². The normalized spacial score (nSPS) is 22.6. The monoisotopic (exact) mass is 508 g/mol. The van der Waals surface area contributed by atoms with E-state index in [0.717, 1.165) is 5.56 Å². The van der Waals surface area contributed by atoms with Crippen LogP contribution in [0.25, 0.3) is 11.3 Å². The standard InChI is InChI=1S/C21H21ClN4O7S/c22-21-24-9-13(18(28)16-7-6-15(33-16)11-4-2-1-3-5-11)20(26-21)25-14-8-12(17(27)19(14)29)10-32-34(23,30)31/h1-7,9,12,14,17,19,27,29H,8,10H2,(H2,23,30,31)(H,24,25,26)/t12-,14-,17-,19+/m1/s1. The minimum Gasteiger partial charge on any atom is -0.453 e. The fourth-order valence-corrected chi connectivity index (χ4v) is 4.28. The Kier molecular flexibility index (Phi) is 6.98. The van der Waals surface area contributed by atoms with Crippen molar-refractivity contribution in [3.63, 3.8) is 0 Å². The zero-order valence-electron chi connectivity index (χ0n) is 17.5. The molecular weight excluding hydrogens is 488 g/mol. The van der Waals surface area contributed by atoms with Gasteiger partial charge >= 0.3 is 10.3 Å². The highest BCUT2D eigenvalue weighted by molar-refractivity contribution is 7.84. The van der Waals surface area contributed by atoms with E-state index >= 15 is 0 Å². The van der Waals surface area contributed by atoms with Crippen molar-refractivity contribution < 1.29 is 32.0 Å². The third kappa shape index (κ3) is 5.43. The Morgan fingerprint density at radius 3 is 2.65 bits per heavy atom. The molecule has 2 heterocycles. The lowest BCUT2D eigenvalue weighted by Crippen LogP contribution is -2.36. The Labute approximate surface area is 199 Å². The predicted molar refractivity (Wildman–Crippen MR) is 121 cm³/mol. The Morgan fingerprint density at radius 2 is 1.94 bits per heavy atom. The van der Waals surface area contributed by atoms with Crippen LogP contribution in [0, 0.1) is 5.92 Å². The van der Waals surface area contributed by atoms with Gasteiger partial charge in [-0.2, -0.15) is 8.42 Å². The quantitative estimate of drug-likeness (QED) is 0.256. The highest BCUT2D eigenvalue weighted by atomic mass is 35.5. The number of aliphatic hydroxyl groups is 2. The summed E-state index contributed by atoms with van der Waals surface area (Å²) in [7, 11) is -4.21. The van der Waals surface area contributed by atoms with Gasteiger partial charge in [0.15, 0.2) is 5.76 Å². The van der Waals surface area contributed by atoms with Crippen LogP contribution in [0.5, 0.6) is 0 Å². The van der Waals surface area contributed by atoms with Crippen LogP contribution in [0.4, 0.5) is 5.82 Å². The summed E-state index contributed by atoms with van der Waals surface area (Å²) in [6.45, 7) is -0.416. The van der Waals surface area contributed by atoms with Crippen molar-refractivity contribution in [1.29, 1.82) is 0 Å². The summed E-state index contributed by atoms with van der Waals surface area (Å²) in [6.07, 6.45) is -1.27. The number of hydrogen-bond acceptors (Lipinski definition) is 10. The van der Waals surface area contributed by atoms with Crippen LogP contribution < -0.4 is 10.5 Å². The molecule has 4 atom stereocenters. The predicted octanol–water partition coefficient (Wildman–Crippen LogP) is 1.36. The number of nitrogens with two attached hydrogens (primary N) is 1. The molecule has 1 saturated carbocycles. The van der Waals surface area contributed by atoms with Crippen molar-refractivity contribution in [2.45, 2.75) is 24.7 Å². The topological polar surface area (TPSA) is 178 Å². The Bertz CT molecular complexity index is 1290. The molecule has 0 unspecified atom stereocenters. The van der Waals surface area contributed by atoms with Gasteiger partial charge in [0.25, 0.3) is 0 Å². The molecule has 0 amide bonds. The van der Waals surface area contributed by atoms with E-state index in [4.69, 9.17) is 21.2 Å². The number of carbonyl (C=O) groups excluding carboxylic acids is 1. The number of carbonyl (C=O) groups is 1. The number of halogens is 1. The molecule has 5 N–H and O–H groups in total. The maximum Gasteiger partial charge on any atom is 0.333 e. The van der Waals surface area contributed by atoms with E-state index in [0.29, 0.717) is 5.76 Å². The smallest absolute Gasteiger partial charge is 0.333 e. The van der Waals surface area contributed by atoms with Crippen LogP contribution in [0.1, 0.15) is 22.5 Å². The molecule has 13 heteroatoms. The minimum atomic E-state index is -4.21. The van der Waals surface area contributed by atoms with Crippen LogP contribution in [-0.4, -0.2) is 59.2 Å². The molecule has 0 spiro atoms. The molecule has 0 aliphatic heterocycles. The summed E-state index contributed by atoms with van der Waals surface area (Å²) >= 11 is 5.92. The molecule has 0 bridgehead atoms. The average molecular weight is 509 g/mol. The molecule has 2 aromatic heterocycles. The average Bonchev–Trinajstić information content (AvgIpc) is 3.39. The molecule has 1 aromatic carbocycles. The van der Waals surface area contributed by atoms with Crippen LogP contribution in [0.2, 0.25) is 5.28 Å². The van der Waals surface area contributed by atoms with Gasteiger partial charge < -0.3 is 19.9 Å². The van der Waals surface area contributed by atoms with Crippen molar-refractivity contribution in [1.82, 2.24) is 9.97 Å². The maximum absolute atomic E-state index is 13.2. The highest BCUT2D eigenvalue weighted by Crippen LogP contribution is 2.31. The molecular formula is C21H21ClN4O7S. The maximum atomic E-state index is 13.2. The third-order valence-electron chi connectivity index (χ3n) is 5.46.